The minimum atomic E-state index is -3.88. The van der Waals surface area contributed by atoms with E-state index in [-0.39, 0.29) is 20.8 Å². The fraction of sp³-hybridized carbons (Fsp3) is 0.143. The summed E-state index contributed by atoms with van der Waals surface area (Å²) in [6.45, 7) is 3.63. The van der Waals surface area contributed by atoms with Gasteiger partial charge in [-0.3, -0.25) is 0 Å². The summed E-state index contributed by atoms with van der Waals surface area (Å²) >= 11 is 11.9. The summed E-state index contributed by atoms with van der Waals surface area (Å²) in [5, 5.41) is -0.101. The number of pyridine rings is 1. The first-order chi connectivity index (χ1) is 9.79. The van der Waals surface area contributed by atoms with E-state index >= 15 is 0 Å². The van der Waals surface area contributed by atoms with Crippen LogP contribution in [0.5, 0.6) is 0 Å². The standard InChI is InChI=1S/C14H12Cl2N2O2S/c1-9-3-6-11(7-4-9)21(19,20)18-14(16)12-8-5-10(2)17-13(12)15/h3-8H,1-2H3. The number of hydrogen-bond donors (Lipinski definition) is 0. The third kappa shape index (κ3) is 3.81. The molecule has 110 valence electrons. The first-order valence-electron chi connectivity index (χ1n) is 6.00. The highest BCUT2D eigenvalue weighted by atomic mass is 35.5. The van der Waals surface area contributed by atoms with Crippen molar-refractivity contribution in [3.05, 3.63) is 58.4 Å². The molecule has 0 spiro atoms. The smallest absolute Gasteiger partial charge is 0.241 e. The summed E-state index contributed by atoms with van der Waals surface area (Å²) < 4.78 is 27.9. The molecule has 0 aliphatic carbocycles. The molecule has 0 fully saturated rings. The molecule has 4 nitrogen and oxygen atoms in total. The van der Waals surface area contributed by atoms with Crippen LogP contribution in [0, 0.1) is 13.8 Å². The van der Waals surface area contributed by atoms with Crippen LogP contribution < -0.4 is 0 Å². The van der Waals surface area contributed by atoms with E-state index in [0.29, 0.717) is 5.69 Å². The average Bonchev–Trinajstić information content (AvgIpc) is 2.38. The maximum atomic E-state index is 12.2. The van der Waals surface area contributed by atoms with Crippen molar-refractivity contribution in [2.24, 2.45) is 4.40 Å². The molecule has 0 saturated heterocycles. The molecule has 0 aliphatic heterocycles. The minimum Gasteiger partial charge on any atom is -0.241 e. The molecule has 2 aromatic rings. The van der Waals surface area contributed by atoms with Gasteiger partial charge in [-0.2, -0.15) is 8.42 Å². The van der Waals surface area contributed by atoms with E-state index in [4.69, 9.17) is 23.2 Å². The number of halogens is 2. The zero-order valence-electron chi connectivity index (χ0n) is 11.3. The molecule has 0 saturated carbocycles. The molecule has 21 heavy (non-hydrogen) atoms. The Morgan fingerprint density at radius 3 is 2.29 bits per heavy atom. The lowest BCUT2D eigenvalue weighted by Crippen LogP contribution is -2.03. The monoisotopic (exact) mass is 342 g/mol. The van der Waals surface area contributed by atoms with Gasteiger partial charge >= 0.3 is 0 Å². The topological polar surface area (TPSA) is 59.4 Å². The van der Waals surface area contributed by atoms with Gasteiger partial charge in [0, 0.05) is 5.69 Å². The lowest BCUT2D eigenvalue weighted by Gasteiger charge is -2.04. The molecule has 0 N–H and O–H groups in total. The van der Waals surface area contributed by atoms with Crippen LogP contribution in [0.4, 0.5) is 0 Å². The molecule has 0 bridgehead atoms. The number of aryl methyl sites for hydroxylation is 2. The Balaban J connectivity index is 2.43. The van der Waals surface area contributed by atoms with Crippen molar-refractivity contribution in [1.82, 2.24) is 4.98 Å². The van der Waals surface area contributed by atoms with Crippen LogP contribution in [0.15, 0.2) is 45.7 Å². The first-order valence-corrected chi connectivity index (χ1v) is 8.20. The van der Waals surface area contributed by atoms with Gasteiger partial charge in [0.05, 0.1) is 10.5 Å². The number of hydrogen-bond acceptors (Lipinski definition) is 3. The Kier molecular flexibility index (Phi) is 4.66. The van der Waals surface area contributed by atoms with E-state index in [0.717, 1.165) is 5.56 Å². The largest absolute Gasteiger partial charge is 0.283 e. The van der Waals surface area contributed by atoms with Crippen LogP contribution >= 0.6 is 23.2 Å². The highest BCUT2D eigenvalue weighted by molar-refractivity contribution is 7.90. The van der Waals surface area contributed by atoms with Crippen molar-refractivity contribution in [2.45, 2.75) is 18.7 Å². The van der Waals surface area contributed by atoms with Gasteiger partial charge in [0.1, 0.15) is 5.15 Å². The molecule has 0 aliphatic rings. The minimum absolute atomic E-state index is 0.0717. The van der Waals surface area contributed by atoms with Crippen molar-refractivity contribution < 1.29 is 8.42 Å². The lowest BCUT2D eigenvalue weighted by molar-refractivity contribution is 0.598. The molecule has 7 heteroatoms. The van der Waals surface area contributed by atoms with Crippen LogP contribution in [0.3, 0.4) is 0 Å². The second-order valence-corrected chi connectivity index (χ2v) is 6.78. The van der Waals surface area contributed by atoms with Crippen molar-refractivity contribution in [3.63, 3.8) is 0 Å². The Labute approximate surface area is 133 Å². The molecule has 1 heterocycles. The van der Waals surface area contributed by atoms with Gasteiger partial charge in [0.15, 0.2) is 5.17 Å². The van der Waals surface area contributed by atoms with Gasteiger partial charge in [-0.15, -0.1) is 4.40 Å². The molecular weight excluding hydrogens is 331 g/mol. The second kappa shape index (κ2) is 6.13. The number of sulfonamides is 1. The van der Waals surface area contributed by atoms with Gasteiger partial charge in [0.2, 0.25) is 0 Å². The van der Waals surface area contributed by atoms with E-state index in [2.05, 4.69) is 9.38 Å². The third-order valence-corrected chi connectivity index (χ3v) is 4.70. The number of rotatable bonds is 3. The van der Waals surface area contributed by atoms with Crippen LogP contribution in [-0.4, -0.2) is 18.6 Å². The van der Waals surface area contributed by atoms with E-state index in [1.165, 1.54) is 12.1 Å². The van der Waals surface area contributed by atoms with Crippen LogP contribution in [0.1, 0.15) is 16.8 Å². The SMILES string of the molecule is Cc1ccc(S(=O)(=O)N=C(Cl)c2ccc(C)nc2Cl)cc1. The first kappa shape index (κ1) is 15.9. The summed E-state index contributed by atoms with van der Waals surface area (Å²) in [7, 11) is -3.88. The molecule has 0 amide bonds. The molecular formula is C14H12Cl2N2O2S. The van der Waals surface area contributed by atoms with Crippen molar-refractivity contribution >= 4 is 38.4 Å². The summed E-state index contributed by atoms with van der Waals surface area (Å²) in [4.78, 5) is 4.09. The highest BCUT2D eigenvalue weighted by Gasteiger charge is 2.16. The van der Waals surface area contributed by atoms with Crippen LogP contribution in [0.25, 0.3) is 0 Å². The predicted octanol–water partition coefficient (Wildman–Crippen LogP) is 3.73. The van der Waals surface area contributed by atoms with E-state index in [9.17, 15) is 8.42 Å². The normalized spacial score (nSPS) is 12.5. The van der Waals surface area contributed by atoms with Crippen molar-refractivity contribution in [3.8, 4) is 0 Å². The van der Waals surface area contributed by atoms with Gasteiger partial charge in [-0.25, -0.2) is 4.98 Å². The van der Waals surface area contributed by atoms with Gasteiger partial charge in [0.25, 0.3) is 10.0 Å². The van der Waals surface area contributed by atoms with Crippen molar-refractivity contribution in [2.75, 3.05) is 0 Å². The maximum Gasteiger partial charge on any atom is 0.283 e. The molecule has 0 unspecified atom stereocenters. The van der Waals surface area contributed by atoms with Gasteiger partial charge in [-0.05, 0) is 38.1 Å². The zero-order valence-corrected chi connectivity index (χ0v) is 13.7. The van der Waals surface area contributed by atoms with Crippen molar-refractivity contribution in [1.29, 1.82) is 0 Å². The van der Waals surface area contributed by atoms with Gasteiger partial charge in [-0.1, -0.05) is 40.9 Å². The Hall–Kier alpha value is -1.43. The molecule has 1 aromatic heterocycles. The van der Waals surface area contributed by atoms with E-state index in [1.807, 2.05) is 6.92 Å². The van der Waals surface area contributed by atoms with E-state index in [1.54, 1.807) is 31.2 Å². The predicted molar refractivity (Wildman–Crippen MR) is 84.7 cm³/mol. The number of aromatic nitrogens is 1. The van der Waals surface area contributed by atoms with Crippen LogP contribution in [-0.2, 0) is 10.0 Å². The fourth-order valence-electron chi connectivity index (χ4n) is 1.60. The number of nitrogens with zero attached hydrogens (tertiary/aromatic N) is 2. The Morgan fingerprint density at radius 1 is 1.10 bits per heavy atom. The summed E-state index contributed by atoms with van der Waals surface area (Å²) in [5.74, 6) is 0. The molecule has 2 rings (SSSR count). The second-order valence-electron chi connectivity index (χ2n) is 4.46. The van der Waals surface area contributed by atoms with Crippen LogP contribution in [0.2, 0.25) is 5.15 Å². The molecule has 0 radical (unpaired) electrons. The average molecular weight is 343 g/mol. The zero-order chi connectivity index (χ0) is 15.6. The summed E-state index contributed by atoms with van der Waals surface area (Å²) in [6.07, 6.45) is 0. The highest BCUT2D eigenvalue weighted by Crippen LogP contribution is 2.20. The quantitative estimate of drug-likeness (QED) is 0.630. The van der Waals surface area contributed by atoms with E-state index < -0.39 is 10.0 Å². The summed E-state index contributed by atoms with van der Waals surface area (Å²) in [5.41, 5.74) is 1.93. The summed E-state index contributed by atoms with van der Waals surface area (Å²) in [6, 6.07) is 9.60. The van der Waals surface area contributed by atoms with Gasteiger partial charge < -0.3 is 0 Å². The fourth-order valence-corrected chi connectivity index (χ4v) is 3.25. The third-order valence-electron chi connectivity index (χ3n) is 2.73. The molecule has 1 aromatic carbocycles. The lowest BCUT2D eigenvalue weighted by atomic mass is 10.2. The number of benzene rings is 1. The molecule has 0 atom stereocenters. The Morgan fingerprint density at radius 2 is 1.71 bits per heavy atom. The maximum absolute atomic E-state index is 12.2. The Bertz CT molecular complexity index is 800.